The summed E-state index contributed by atoms with van der Waals surface area (Å²) in [6.07, 6.45) is 2.38. The van der Waals surface area contributed by atoms with Crippen molar-refractivity contribution in [3.8, 4) is 0 Å². The third-order valence-corrected chi connectivity index (χ3v) is 1.98. The molecule has 0 rings (SSSR count). The molecule has 2 atom stereocenters. The van der Waals surface area contributed by atoms with E-state index in [1.54, 1.807) is 6.92 Å². The van der Waals surface area contributed by atoms with Gasteiger partial charge in [0.1, 0.15) is 0 Å². The Kier molecular flexibility index (Phi) is 5.72. The predicted octanol–water partition coefficient (Wildman–Crippen LogP) is 0.886. The first-order valence-corrected chi connectivity index (χ1v) is 4.60. The molecule has 72 valence electrons. The van der Waals surface area contributed by atoms with Crippen molar-refractivity contribution in [2.75, 3.05) is 6.54 Å². The minimum atomic E-state index is -0.279. The van der Waals surface area contributed by atoms with E-state index >= 15 is 0 Å². The van der Waals surface area contributed by atoms with E-state index < -0.39 is 0 Å². The van der Waals surface area contributed by atoms with Crippen LogP contribution >= 0.6 is 0 Å². The van der Waals surface area contributed by atoms with Crippen LogP contribution in [0.15, 0.2) is 0 Å². The van der Waals surface area contributed by atoms with Crippen molar-refractivity contribution in [3.05, 3.63) is 0 Å². The second kappa shape index (κ2) is 6.00. The molecule has 3 nitrogen and oxygen atoms in total. The van der Waals surface area contributed by atoms with E-state index in [0.717, 1.165) is 6.54 Å². The summed E-state index contributed by atoms with van der Waals surface area (Å²) in [7, 11) is 0. The van der Waals surface area contributed by atoms with Crippen molar-refractivity contribution in [2.24, 2.45) is 11.7 Å². The molecule has 0 aliphatic rings. The third-order valence-electron chi connectivity index (χ3n) is 1.98. The van der Waals surface area contributed by atoms with Gasteiger partial charge in [0, 0.05) is 0 Å². The van der Waals surface area contributed by atoms with Gasteiger partial charge in [0.2, 0.25) is 5.91 Å². The van der Waals surface area contributed by atoms with Crippen molar-refractivity contribution < 1.29 is 4.79 Å². The van der Waals surface area contributed by atoms with Gasteiger partial charge in [0.15, 0.2) is 0 Å². The summed E-state index contributed by atoms with van der Waals surface area (Å²) >= 11 is 0. The first kappa shape index (κ1) is 11.4. The molecule has 1 unspecified atom stereocenters. The molecule has 3 N–H and O–H groups in total. The summed E-state index contributed by atoms with van der Waals surface area (Å²) in [4.78, 5) is 10.6. The fraction of sp³-hybridized carbons (Fsp3) is 0.889. The topological polar surface area (TPSA) is 55.1 Å². The highest BCUT2D eigenvalue weighted by atomic mass is 16.1. The lowest BCUT2D eigenvalue weighted by atomic mass is 10.1. The monoisotopic (exact) mass is 172 g/mol. The Bertz CT molecular complexity index is 136. The molecule has 0 fully saturated rings. The van der Waals surface area contributed by atoms with Gasteiger partial charge in [-0.3, -0.25) is 4.79 Å². The Morgan fingerprint density at radius 3 is 2.50 bits per heavy atom. The molecule has 0 radical (unpaired) electrons. The Hall–Kier alpha value is -0.570. The number of hydrogen-bond acceptors (Lipinski definition) is 2. The van der Waals surface area contributed by atoms with Gasteiger partial charge in [-0.05, 0) is 25.8 Å². The van der Waals surface area contributed by atoms with Gasteiger partial charge >= 0.3 is 0 Å². The zero-order valence-electron chi connectivity index (χ0n) is 8.26. The molecule has 0 aromatic rings. The summed E-state index contributed by atoms with van der Waals surface area (Å²) in [5.41, 5.74) is 5.09. The summed E-state index contributed by atoms with van der Waals surface area (Å²) in [5, 5.41) is 3.09. The number of hydrogen-bond donors (Lipinski definition) is 2. The molecular weight excluding hydrogens is 152 g/mol. The molecule has 0 aliphatic heterocycles. The van der Waals surface area contributed by atoms with Crippen LogP contribution in [0.5, 0.6) is 0 Å². The summed E-state index contributed by atoms with van der Waals surface area (Å²) in [5.74, 6) is 0.343. The van der Waals surface area contributed by atoms with E-state index in [1.807, 2.05) is 0 Å². The molecule has 0 aliphatic carbocycles. The minimum absolute atomic E-state index is 0.204. The number of rotatable bonds is 6. The van der Waals surface area contributed by atoms with Crippen LogP contribution in [-0.2, 0) is 4.79 Å². The Labute approximate surface area is 74.7 Å². The number of carbonyl (C=O) groups is 1. The Morgan fingerprint density at radius 2 is 2.08 bits per heavy atom. The molecule has 0 saturated carbocycles. The van der Waals surface area contributed by atoms with E-state index in [1.165, 1.54) is 12.8 Å². The molecule has 0 bridgehead atoms. The van der Waals surface area contributed by atoms with E-state index in [2.05, 4.69) is 19.2 Å². The highest BCUT2D eigenvalue weighted by Gasteiger charge is 2.08. The number of nitrogens with one attached hydrogen (secondary N) is 1. The largest absolute Gasteiger partial charge is 0.368 e. The van der Waals surface area contributed by atoms with E-state index in [9.17, 15) is 4.79 Å². The van der Waals surface area contributed by atoms with E-state index in [4.69, 9.17) is 5.73 Å². The lowest BCUT2D eigenvalue weighted by Gasteiger charge is -2.14. The third kappa shape index (κ3) is 5.13. The lowest BCUT2D eigenvalue weighted by Crippen LogP contribution is -2.40. The van der Waals surface area contributed by atoms with Crippen molar-refractivity contribution in [2.45, 2.75) is 39.7 Å². The number of amides is 1. The van der Waals surface area contributed by atoms with Crippen LogP contribution in [0.3, 0.4) is 0 Å². The quantitative estimate of drug-likeness (QED) is 0.625. The maximum Gasteiger partial charge on any atom is 0.234 e. The second-order valence-corrected chi connectivity index (χ2v) is 3.43. The standard InChI is InChI=1S/C9H20N2O/c1-4-5-7(2)6-11-8(3)9(10)12/h7-8,11H,4-6H2,1-3H3,(H2,10,12)/t7?,8-/m0/s1. The van der Waals surface area contributed by atoms with Crippen LogP contribution in [0, 0.1) is 5.92 Å². The number of nitrogens with two attached hydrogens (primary N) is 1. The van der Waals surface area contributed by atoms with Crippen molar-refractivity contribution in [1.82, 2.24) is 5.32 Å². The average Bonchev–Trinajstić information content (AvgIpc) is 2.00. The van der Waals surface area contributed by atoms with Crippen molar-refractivity contribution in [1.29, 1.82) is 0 Å². The highest BCUT2D eigenvalue weighted by Crippen LogP contribution is 2.02. The van der Waals surface area contributed by atoms with Gasteiger partial charge in [0.25, 0.3) is 0 Å². The lowest BCUT2D eigenvalue weighted by molar-refractivity contribution is -0.119. The predicted molar refractivity (Wildman–Crippen MR) is 50.7 cm³/mol. The summed E-state index contributed by atoms with van der Waals surface area (Å²) < 4.78 is 0. The van der Waals surface area contributed by atoms with Crippen LogP contribution in [0.4, 0.5) is 0 Å². The Morgan fingerprint density at radius 1 is 1.50 bits per heavy atom. The first-order valence-electron chi connectivity index (χ1n) is 4.60. The summed E-state index contributed by atoms with van der Waals surface area (Å²) in [6.45, 7) is 7.00. The highest BCUT2D eigenvalue weighted by molar-refractivity contribution is 5.79. The van der Waals surface area contributed by atoms with Crippen molar-refractivity contribution >= 4 is 5.91 Å². The smallest absolute Gasteiger partial charge is 0.234 e. The molecule has 0 aromatic heterocycles. The molecule has 0 aromatic carbocycles. The number of carbonyl (C=O) groups excluding carboxylic acids is 1. The van der Waals surface area contributed by atoms with E-state index in [-0.39, 0.29) is 11.9 Å². The molecule has 1 amide bonds. The zero-order chi connectivity index (χ0) is 9.56. The van der Waals surface area contributed by atoms with Crippen LogP contribution in [0.1, 0.15) is 33.6 Å². The zero-order valence-corrected chi connectivity index (χ0v) is 8.26. The normalized spacial score (nSPS) is 15.6. The number of primary amides is 1. The fourth-order valence-corrected chi connectivity index (χ4v) is 1.07. The van der Waals surface area contributed by atoms with Crippen LogP contribution < -0.4 is 11.1 Å². The summed E-state index contributed by atoms with van der Waals surface area (Å²) in [6, 6.07) is -0.204. The van der Waals surface area contributed by atoms with Crippen LogP contribution in [0.2, 0.25) is 0 Å². The maximum absolute atomic E-state index is 10.6. The van der Waals surface area contributed by atoms with Crippen molar-refractivity contribution in [3.63, 3.8) is 0 Å². The van der Waals surface area contributed by atoms with Gasteiger partial charge < -0.3 is 11.1 Å². The van der Waals surface area contributed by atoms with Gasteiger partial charge in [-0.25, -0.2) is 0 Å². The Balaban J connectivity index is 3.46. The van der Waals surface area contributed by atoms with Gasteiger partial charge in [-0.1, -0.05) is 20.3 Å². The van der Waals surface area contributed by atoms with Gasteiger partial charge in [-0.2, -0.15) is 0 Å². The molecule has 3 heteroatoms. The van der Waals surface area contributed by atoms with Crippen LogP contribution in [0.25, 0.3) is 0 Å². The van der Waals surface area contributed by atoms with E-state index in [0.29, 0.717) is 5.92 Å². The fourth-order valence-electron chi connectivity index (χ4n) is 1.07. The van der Waals surface area contributed by atoms with Crippen LogP contribution in [-0.4, -0.2) is 18.5 Å². The SMILES string of the molecule is CCCC(C)CN[C@@H](C)C(N)=O. The maximum atomic E-state index is 10.6. The minimum Gasteiger partial charge on any atom is -0.368 e. The second-order valence-electron chi connectivity index (χ2n) is 3.43. The van der Waals surface area contributed by atoms with Gasteiger partial charge in [-0.15, -0.1) is 0 Å². The molecule has 0 saturated heterocycles. The molecule has 0 heterocycles. The molecular formula is C9H20N2O. The molecule has 0 spiro atoms. The average molecular weight is 172 g/mol. The van der Waals surface area contributed by atoms with Gasteiger partial charge in [0.05, 0.1) is 6.04 Å². The first-order chi connectivity index (χ1) is 5.57. The molecule has 12 heavy (non-hydrogen) atoms.